The lowest BCUT2D eigenvalue weighted by Gasteiger charge is -2.03. The molecule has 0 bridgehead atoms. The molecule has 1 heterocycles. The van der Waals surface area contributed by atoms with Crippen LogP contribution in [0, 0.1) is 4.77 Å². The van der Waals surface area contributed by atoms with Crippen molar-refractivity contribution in [3.05, 3.63) is 40.4 Å². The van der Waals surface area contributed by atoms with Gasteiger partial charge in [0, 0.05) is 12.0 Å². The van der Waals surface area contributed by atoms with Crippen LogP contribution in [0.15, 0.2) is 29.4 Å². The van der Waals surface area contributed by atoms with Gasteiger partial charge in [-0.3, -0.25) is 5.10 Å². The highest BCUT2D eigenvalue weighted by molar-refractivity contribution is 7.71. The lowest BCUT2D eigenvalue weighted by Crippen LogP contribution is -2.00. The van der Waals surface area contributed by atoms with Gasteiger partial charge in [-0.1, -0.05) is 25.5 Å². The molecule has 106 valence electrons. The Bertz CT molecular complexity index is 645. The van der Waals surface area contributed by atoms with E-state index < -0.39 is 0 Å². The van der Waals surface area contributed by atoms with Crippen molar-refractivity contribution in [3.8, 4) is 5.75 Å². The first-order chi connectivity index (χ1) is 9.76. The van der Waals surface area contributed by atoms with E-state index in [0.717, 1.165) is 36.4 Å². The van der Waals surface area contributed by atoms with Crippen molar-refractivity contribution in [2.75, 3.05) is 7.11 Å². The van der Waals surface area contributed by atoms with Crippen LogP contribution in [-0.4, -0.2) is 28.2 Å². The smallest absolute Gasteiger partial charge is 0.216 e. The number of nitrogens with one attached hydrogen (secondary N) is 1. The van der Waals surface area contributed by atoms with Gasteiger partial charge in [0.05, 0.1) is 13.3 Å². The largest absolute Gasteiger partial charge is 0.496 e. The summed E-state index contributed by atoms with van der Waals surface area (Å²) < 4.78 is 7.46. The molecule has 0 saturated heterocycles. The number of ether oxygens (including phenoxy) is 1. The number of aromatic amines is 1. The second-order valence-corrected chi connectivity index (χ2v) is 4.73. The normalized spacial score (nSPS) is 11.1. The number of nitrogens with zero attached hydrogens (tertiary/aromatic N) is 3. The van der Waals surface area contributed by atoms with Gasteiger partial charge in [-0.15, -0.1) is 0 Å². The summed E-state index contributed by atoms with van der Waals surface area (Å²) in [5.41, 5.74) is 0.902. The van der Waals surface area contributed by atoms with Crippen molar-refractivity contribution >= 4 is 18.4 Å². The van der Waals surface area contributed by atoms with E-state index in [0.29, 0.717) is 4.77 Å². The molecule has 2 rings (SSSR count). The zero-order chi connectivity index (χ0) is 14.4. The molecule has 2 aromatic rings. The lowest BCUT2D eigenvalue weighted by atomic mass is 10.2. The van der Waals surface area contributed by atoms with Crippen LogP contribution in [-0.2, 0) is 6.42 Å². The van der Waals surface area contributed by atoms with Crippen molar-refractivity contribution < 1.29 is 4.74 Å². The Morgan fingerprint density at radius 2 is 2.25 bits per heavy atom. The molecule has 5 nitrogen and oxygen atoms in total. The first kappa shape index (κ1) is 14.5. The van der Waals surface area contributed by atoms with Crippen molar-refractivity contribution in [3.63, 3.8) is 0 Å². The summed E-state index contributed by atoms with van der Waals surface area (Å²) >= 11 is 5.20. The third kappa shape index (κ3) is 3.33. The average Bonchev–Trinajstić information content (AvgIpc) is 2.83. The molecule has 1 N–H and O–H groups in total. The molecule has 6 heteroatoms. The summed E-state index contributed by atoms with van der Waals surface area (Å²) in [6, 6.07) is 7.70. The van der Waals surface area contributed by atoms with E-state index in [1.54, 1.807) is 18.0 Å². The van der Waals surface area contributed by atoms with Crippen molar-refractivity contribution in [2.24, 2.45) is 5.10 Å². The van der Waals surface area contributed by atoms with Crippen LogP contribution in [0.1, 0.15) is 31.2 Å². The summed E-state index contributed by atoms with van der Waals surface area (Å²) in [5, 5.41) is 11.4. The number of aromatic nitrogens is 3. The van der Waals surface area contributed by atoms with Crippen LogP contribution in [0.5, 0.6) is 5.75 Å². The minimum absolute atomic E-state index is 0.502. The van der Waals surface area contributed by atoms with Gasteiger partial charge in [0.2, 0.25) is 4.77 Å². The van der Waals surface area contributed by atoms with Gasteiger partial charge in [-0.05, 0) is 30.8 Å². The molecule has 0 spiro atoms. The number of hydrogen-bond acceptors (Lipinski definition) is 4. The van der Waals surface area contributed by atoms with Gasteiger partial charge < -0.3 is 4.74 Å². The molecule has 0 aliphatic carbocycles. The minimum Gasteiger partial charge on any atom is -0.496 e. The topological polar surface area (TPSA) is 55.2 Å². The summed E-state index contributed by atoms with van der Waals surface area (Å²) in [6.45, 7) is 2.14. The zero-order valence-electron chi connectivity index (χ0n) is 11.7. The molecule has 0 aliphatic rings. The van der Waals surface area contributed by atoms with Gasteiger partial charge in [-0.2, -0.15) is 14.9 Å². The zero-order valence-corrected chi connectivity index (χ0v) is 12.5. The third-order valence-electron chi connectivity index (χ3n) is 2.92. The van der Waals surface area contributed by atoms with Crippen LogP contribution in [0.4, 0.5) is 0 Å². The lowest BCUT2D eigenvalue weighted by molar-refractivity contribution is 0.414. The molecular weight excluding hydrogens is 272 g/mol. The first-order valence-corrected chi connectivity index (χ1v) is 7.00. The van der Waals surface area contributed by atoms with Crippen molar-refractivity contribution in [1.82, 2.24) is 14.9 Å². The molecule has 0 saturated carbocycles. The summed E-state index contributed by atoms with van der Waals surface area (Å²) in [7, 11) is 1.64. The SMILES string of the molecule is CCCCc1n[nH]c(=S)n1/N=C/c1ccccc1OC. The highest BCUT2D eigenvalue weighted by atomic mass is 32.1. The first-order valence-electron chi connectivity index (χ1n) is 6.60. The van der Waals surface area contributed by atoms with Crippen LogP contribution in [0.2, 0.25) is 0 Å². The number of aryl methyl sites for hydroxylation is 1. The van der Waals surface area contributed by atoms with Crippen LogP contribution < -0.4 is 4.74 Å². The number of unbranched alkanes of at least 4 members (excludes halogenated alkanes) is 1. The van der Waals surface area contributed by atoms with Crippen LogP contribution in [0.25, 0.3) is 0 Å². The number of H-pyrrole nitrogens is 1. The Labute approximate surface area is 123 Å². The molecule has 20 heavy (non-hydrogen) atoms. The van der Waals surface area contributed by atoms with E-state index in [-0.39, 0.29) is 0 Å². The monoisotopic (exact) mass is 290 g/mol. The quantitative estimate of drug-likeness (QED) is 0.656. The summed E-state index contributed by atoms with van der Waals surface area (Å²) in [5.74, 6) is 1.63. The van der Waals surface area contributed by atoms with E-state index in [1.807, 2.05) is 24.3 Å². The predicted octanol–water partition coefficient (Wildman–Crippen LogP) is 3.17. The maximum Gasteiger partial charge on any atom is 0.216 e. The Kier molecular flexibility index (Phi) is 5.06. The molecule has 1 aromatic heterocycles. The Balaban J connectivity index is 2.27. The van der Waals surface area contributed by atoms with E-state index in [1.165, 1.54) is 0 Å². The molecule has 1 aromatic carbocycles. The van der Waals surface area contributed by atoms with E-state index in [4.69, 9.17) is 17.0 Å². The van der Waals surface area contributed by atoms with Crippen molar-refractivity contribution in [2.45, 2.75) is 26.2 Å². The van der Waals surface area contributed by atoms with Crippen molar-refractivity contribution in [1.29, 1.82) is 0 Å². The molecule has 0 atom stereocenters. The van der Waals surface area contributed by atoms with Gasteiger partial charge in [0.25, 0.3) is 0 Å². The van der Waals surface area contributed by atoms with Crippen LogP contribution >= 0.6 is 12.2 Å². The third-order valence-corrected chi connectivity index (χ3v) is 3.19. The van der Waals surface area contributed by atoms with Gasteiger partial charge in [0.1, 0.15) is 5.75 Å². The second kappa shape index (κ2) is 7.00. The molecule has 0 amide bonds. The fourth-order valence-corrected chi connectivity index (χ4v) is 2.03. The van der Waals surface area contributed by atoms with Gasteiger partial charge in [-0.25, -0.2) is 0 Å². The van der Waals surface area contributed by atoms with E-state index in [9.17, 15) is 0 Å². The Morgan fingerprint density at radius 1 is 1.45 bits per heavy atom. The number of methoxy groups -OCH3 is 1. The summed E-state index contributed by atoms with van der Waals surface area (Å²) in [4.78, 5) is 0. The van der Waals surface area contributed by atoms with E-state index in [2.05, 4.69) is 22.2 Å². The maximum atomic E-state index is 5.29. The molecular formula is C14H18N4OS. The molecule has 0 aliphatic heterocycles. The second-order valence-electron chi connectivity index (χ2n) is 4.35. The highest BCUT2D eigenvalue weighted by Crippen LogP contribution is 2.15. The number of hydrogen-bond donors (Lipinski definition) is 1. The minimum atomic E-state index is 0.502. The number of rotatable bonds is 6. The molecule has 0 fully saturated rings. The number of para-hydroxylation sites is 1. The average molecular weight is 290 g/mol. The number of benzene rings is 1. The van der Waals surface area contributed by atoms with E-state index >= 15 is 0 Å². The fourth-order valence-electron chi connectivity index (χ4n) is 1.83. The Morgan fingerprint density at radius 3 is 3.00 bits per heavy atom. The van der Waals surface area contributed by atoms with Gasteiger partial charge in [0.15, 0.2) is 5.82 Å². The predicted molar refractivity (Wildman–Crippen MR) is 82.0 cm³/mol. The maximum absolute atomic E-state index is 5.29. The fraction of sp³-hybridized carbons (Fsp3) is 0.357. The highest BCUT2D eigenvalue weighted by Gasteiger charge is 2.04. The summed E-state index contributed by atoms with van der Waals surface area (Å²) in [6.07, 6.45) is 4.76. The Hall–Kier alpha value is -1.95. The molecule has 0 unspecified atom stereocenters. The van der Waals surface area contributed by atoms with Gasteiger partial charge >= 0.3 is 0 Å². The standard InChI is InChI=1S/C14H18N4OS/c1-3-4-9-13-16-17-14(20)18(13)15-10-11-7-5-6-8-12(11)19-2/h5-8,10H,3-4,9H2,1-2H3,(H,17,20)/b15-10+. The van der Waals surface area contributed by atoms with Crippen LogP contribution in [0.3, 0.4) is 0 Å². The molecule has 0 radical (unpaired) electrons.